The van der Waals surface area contributed by atoms with E-state index in [9.17, 15) is 9.50 Å². The molecular weight excluding hydrogens is 267 g/mol. The topological polar surface area (TPSA) is 29.5 Å². The van der Waals surface area contributed by atoms with Crippen LogP contribution in [0.3, 0.4) is 0 Å². The summed E-state index contributed by atoms with van der Waals surface area (Å²) in [6.07, 6.45) is 5.63. The van der Waals surface area contributed by atoms with Crippen molar-refractivity contribution in [2.45, 2.75) is 64.1 Å². The van der Waals surface area contributed by atoms with E-state index in [0.717, 1.165) is 19.3 Å². The minimum Gasteiger partial charge on any atom is -0.487 e. The lowest BCUT2D eigenvalue weighted by Crippen LogP contribution is -2.45. The van der Waals surface area contributed by atoms with Crippen molar-refractivity contribution in [3.63, 3.8) is 0 Å². The highest BCUT2D eigenvalue weighted by Gasteiger charge is 2.44. The number of hydrogen-bond acceptors (Lipinski definition) is 2. The van der Waals surface area contributed by atoms with Gasteiger partial charge in [-0.15, -0.1) is 0 Å². The Balaban J connectivity index is 1.82. The number of ether oxygens (including phenoxy) is 1. The van der Waals surface area contributed by atoms with Crippen LogP contribution < -0.4 is 4.74 Å². The Morgan fingerprint density at radius 2 is 2.19 bits per heavy atom. The number of aliphatic hydroxyl groups is 1. The monoisotopic (exact) mass is 292 g/mol. The number of halogens is 1. The molecule has 1 heterocycles. The molecule has 1 aliphatic heterocycles. The van der Waals surface area contributed by atoms with Gasteiger partial charge in [-0.3, -0.25) is 0 Å². The Bertz CT molecular complexity index is 514. The van der Waals surface area contributed by atoms with Crippen molar-refractivity contribution >= 4 is 0 Å². The van der Waals surface area contributed by atoms with E-state index in [0.29, 0.717) is 29.6 Å². The lowest BCUT2D eigenvalue weighted by molar-refractivity contribution is -0.0540. The number of aliphatic hydroxyl groups excluding tert-OH is 1. The van der Waals surface area contributed by atoms with Crippen LogP contribution in [-0.2, 0) is 0 Å². The van der Waals surface area contributed by atoms with Crippen LogP contribution in [0.5, 0.6) is 5.75 Å². The van der Waals surface area contributed by atoms with Gasteiger partial charge in [0.15, 0.2) is 0 Å². The molecule has 116 valence electrons. The summed E-state index contributed by atoms with van der Waals surface area (Å²) in [7, 11) is 0. The highest BCUT2D eigenvalue weighted by Crippen LogP contribution is 2.48. The van der Waals surface area contributed by atoms with E-state index in [-0.39, 0.29) is 11.4 Å². The molecule has 21 heavy (non-hydrogen) atoms. The van der Waals surface area contributed by atoms with E-state index in [4.69, 9.17) is 4.74 Å². The van der Waals surface area contributed by atoms with E-state index >= 15 is 0 Å². The van der Waals surface area contributed by atoms with Crippen molar-refractivity contribution in [3.05, 3.63) is 29.6 Å². The molecule has 3 heteroatoms. The zero-order valence-corrected chi connectivity index (χ0v) is 12.9. The van der Waals surface area contributed by atoms with Crippen LogP contribution in [0.1, 0.15) is 64.0 Å². The first-order valence-electron chi connectivity index (χ1n) is 8.14. The van der Waals surface area contributed by atoms with E-state index < -0.39 is 6.10 Å². The fraction of sp³-hybridized carbons (Fsp3) is 0.667. The third-order valence-corrected chi connectivity index (χ3v) is 4.93. The summed E-state index contributed by atoms with van der Waals surface area (Å²) in [5, 5.41) is 10.4. The average molecular weight is 292 g/mol. The standard InChI is InChI=1S/C18H25FO2/c1-12(2)8-13-4-3-7-18(10-13)11-16(20)15-9-14(19)5-6-17(15)21-18/h5-6,9,12-13,16,20H,3-4,7-8,10-11H2,1-2H3. The highest BCUT2D eigenvalue weighted by molar-refractivity contribution is 5.38. The number of rotatable bonds is 2. The summed E-state index contributed by atoms with van der Waals surface area (Å²) in [6.45, 7) is 4.52. The van der Waals surface area contributed by atoms with Crippen molar-refractivity contribution in [1.29, 1.82) is 0 Å². The largest absolute Gasteiger partial charge is 0.487 e. The number of hydrogen-bond donors (Lipinski definition) is 1. The van der Waals surface area contributed by atoms with Crippen molar-refractivity contribution in [1.82, 2.24) is 0 Å². The molecule has 1 aliphatic carbocycles. The molecule has 3 atom stereocenters. The Kier molecular flexibility index (Phi) is 3.96. The molecule has 0 radical (unpaired) electrons. The van der Waals surface area contributed by atoms with Crippen LogP contribution in [0.4, 0.5) is 4.39 Å². The second-order valence-electron chi connectivity index (χ2n) is 7.28. The summed E-state index contributed by atoms with van der Waals surface area (Å²) >= 11 is 0. The molecule has 1 fully saturated rings. The summed E-state index contributed by atoms with van der Waals surface area (Å²) in [5.74, 6) is 1.72. The Morgan fingerprint density at radius 3 is 2.95 bits per heavy atom. The van der Waals surface area contributed by atoms with Crippen LogP contribution >= 0.6 is 0 Å². The van der Waals surface area contributed by atoms with Gasteiger partial charge >= 0.3 is 0 Å². The van der Waals surface area contributed by atoms with Crippen molar-refractivity contribution in [3.8, 4) is 5.75 Å². The molecule has 1 aromatic rings. The lowest BCUT2D eigenvalue weighted by Gasteiger charge is -2.46. The van der Waals surface area contributed by atoms with Gasteiger partial charge in [0.1, 0.15) is 17.2 Å². The molecule has 0 bridgehead atoms. The zero-order valence-electron chi connectivity index (χ0n) is 12.9. The molecule has 2 nitrogen and oxygen atoms in total. The molecule has 3 unspecified atom stereocenters. The van der Waals surface area contributed by atoms with Crippen LogP contribution in [0.15, 0.2) is 18.2 Å². The Morgan fingerprint density at radius 1 is 1.38 bits per heavy atom. The van der Waals surface area contributed by atoms with Gasteiger partial charge < -0.3 is 9.84 Å². The first-order valence-corrected chi connectivity index (χ1v) is 8.14. The number of fused-ring (bicyclic) bond motifs is 1. The normalized spacial score (nSPS) is 32.0. The quantitative estimate of drug-likeness (QED) is 0.862. The molecule has 1 aromatic carbocycles. The fourth-order valence-corrected chi connectivity index (χ4v) is 4.20. The van der Waals surface area contributed by atoms with Gasteiger partial charge in [0, 0.05) is 12.0 Å². The van der Waals surface area contributed by atoms with E-state index in [1.165, 1.54) is 25.0 Å². The van der Waals surface area contributed by atoms with E-state index in [1.54, 1.807) is 6.07 Å². The van der Waals surface area contributed by atoms with Gasteiger partial charge in [0.2, 0.25) is 0 Å². The second kappa shape index (κ2) is 5.60. The summed E-state index contributed by atoms with van der Waals surface area (Å²) in [5.41, 5.74) is 0.355. The third-order valence-electron chi connectivity index (χ3n) is 4.93. The molecular formula is C18H25FO2. The van der Waals surface area contributed by atoms with Crippen LogP contribution in [-0.4, -0.2) is 10.7 Å². The van der Waals surface area contributed by atoms with Crippen LogP contribution in [0, 0.1) is 17.7 Å². The third kappa shape index (κ3) is 3.08. The minimum absolute atomic E-state index is 0.248. The van der Waals surface area contributed by atoms with Gasteiger partial charge in [0.05, 0.1) is 6.10 Å². The van der Waals surface area contributed by atoms with Crippen LogP contribution in [0.2, 0.25) is 0 Å². The molecule has 0 amide bonds. The minimum atomic E-state index is -0.609. The van der Waals surface area contributed by atoms with Crippen molar-refractivity contribution in [2.75, 3.05) is 0 Å². The Hall–Kier alpha value is -1.09. The zero-order chi connectivity index (χ0) is 15.0. The first kappa shape index (κ1) is 14.8. The van der Waals surface area contributed by atoms with Crippen molar-refractivity contribution < 1.29 is 14.2 Å². The van der Waals surface area contributed by atoms with Gasteiger partial charge in [-0.2, -0.15) is 0 Å². The maximum absolute atomic E-state index is 13.3. The van der Waals surface area contributed by atoms with Gasteiger partial charge in [0.25, 0.3) is 0 Å². The van der Waals surface area contributed by atoms with Gasteiger partial charge in [-0.1, -0.05) is 20.3 Å². The summed E-state index contributed by atoms with van der Waals surface area (Å²) in [4.78, 5) is 0. The SMILES string of the molecule is CC(C)CC1CCCC2(C1)CC(O)c1cc(F)ccc1O2. The van der Waals surface area contributed by atoms with E-state index in [1.807, 2.05) is 0 Å². The van der Waals surface area contributed by atoms with Gasteiger partial charge in [-0.25, -0.2) is 4.39 Å². The lowest BCUT2D eigenvalue weighted by atomic mass is 9.71. The maximum atomic E-state index is 13.3. The second-order valence-corrected chi connectivity index (χ2v) is 7.28. The first-order chi connectivity index (χ1) is 9.97. The van der Waals surface area contributed by atoms with Crippen molar-refractivity contribution in [2.24, 2.45) is 11.8 Å². The molecule has 0 saturated heterocycles. The molecule has 0 aromatic heterocycles. The molecule has 2 aliphatic rings. The Labute approximate surface area is 126 Å². The number of benzene rings is 1. The predicted octanol–water partition coefficient (Wildman–Crippen LogP) is 4.62. The van der Waals surface area contributed by atoms with Crippen LogP contribution in [0.25, 0.3) is 0 Å². The molecule has 1 saturated carbocycles. The summed E-state index contributed by atoms with van der Waals surface area (Å²) in [6, 6.07) is 4.49. The van der Waals surface area contributed by atoms with Gasteiger partial charge in [-0.05, 0) is 55.7 Å². The maximum Gasteiger partial charge on any atom is 0.126 e. The predicted molar refractivity (Wildman–Crippen MR) is 80.7 cm³/mol. The molecule has 3 rings (SSSR count). The average Bonchev–Trinajstić information content (AvgIpc) is 2.39. The smallest absolute Gasteiger partial charge is 0.126 e. The molecule has 1 N–H and O–H groups in total. The van der Waals surface area contributed by atoms with E-state index in [2.05, 4.69) is 13.8 Å². The summed E-state index contributed by atoms with van der Waals surface area (Å²) < 4.78 is 19.6. The highest BCUT2D eigenvalue weighted by atomic mass is 19.1. The fourth-order valence-electron chi connectivity index (χ4n) is 4.20. The molecule has 1 spiro atoms.